The van der Waals surface area contributed by atoms with Gasteiger partial charge in [0, 0.05) is 38.3 Å². The number of benzene rings is 2. The minimum absolute atomic E-state index is 0.0279. The normalized spacial score (nSPS) is 15.8. The highest BCUT2D eigenvalue weighted by Crippen LogP contribution is 2.13. The predicted octanol–water partition coefficient (Wildman–Crippen LogP) is 4.00. The molecule has 0 unspecified atom stereocenters. The molecule has 1 heterocycles. The smallest absolute Gasteiger partial charge is 0.252 e. The van der Waals surface area contributed by atoms with Crippen LogP contribution < -0.4 is 5.32 Å². The van der Waals surface area contributed by atoms with Crippen LogP contribution >= 0.6 is 0 Å². The summed E-state index contributed by atoms with van der Waals surface area (Å²) in [4.78, 5) is 30.4. The van der Waals surface area contributed by atoms with Gasteiger partial charge >= 0.3 is 0 Å². The first-order valence-electron chi connectivity index (χ1n) is 11.5. The number of rotatable bonds is 8. The topological polar surface area (TPSA) is 52.7 Å². The van der Waals surface area contributed by atoms with Crippen LogP contribution in [0.2, 0.25) is 0 Å². The molecule has 3 rings (SSSR count). The Hall–Kier alpha value is -2.92. The average molecular weight is 434 g/mol. The summed E-state index contributed by atoms with van der Waals surface area (Å²) in [6.45, 7) is 10.0. The minimum Gasteiger partial charge on any atom is -0.340 e. The minimum atomic E-state index is -0.494. The van der Waals surface area contributed by atoms with E-state index in [2.05, 4.69) is 48.3 Å². The monoisotopic (exact) mass is 433 g/mol. The molecule has 5 nitrogen and oxygen atoms in total. The third-order valence-corrected chi connectivity index (χ3v) is 5.86. The molecule has 0 spiro atoms. The highest BCUT2D eigenvalue weighted by Gasteiger charge is 2.29. The van der Waals surface area contributed by atoms with E-state index in [1.165, 1.54) is 5.56 Å². The number of carbonyl (C=O) groups excluding carboxylic acids is 2. The third-order valence-electron chi connectivity index (χ3n) is 5.86. The molecule has 0 aliphatic carbocycles. The lowest BCUT2D eigenvalue weighted by molar-refractivity contribution is -0.135. The lowest BCUT2D eigenvalue weighted by Gasteiger charge is -2.36. The van der Waals surface area contributed by atoms with E-state index in [9.17, 15) is 9.59 Å². The van der Waals surface area contributed by atoms with Crippen molar-refractivity contribution in [3.05, 3.63) is 77.4 Å². The zero-order valence-electron chi connectivity index (χ0n) is 19.5. The Morgan fingerprint density at radius 2 is 1.62 bits per heavy atom. The molecule has 0 radical (unpaired) electrons. The lowest BCUT2D eigenvalue weighted by Crippen LogP contribution is -2.55. The van der Waals surface area contributed by atoms with Gasteiger partial charge in [0.25, 0.3) is 5.91 Å². The van der Waals surface area contributed by atoms with E-state index < -0.39 is 6.04 Å². The second-order valence-corrected chi connectivity index (χ2v) is 8.91. The zero-order chi connectivity index (χ0) is 22.9. The van der Waals surface area contributed by atoms with Crippen molar-refractivity contribution in [1.82, 2.24) is 15.1 Å². The summed E-state index contributed by atoms with van der Waals surface area (Å²) in [6.07, 6.45) is 4.95. The van der Waals surface area contributed by atoms with Crippen molar-refractivity contribution in [3.63, 3.8) is 0 Å². The SMILES string of the molecule is Cc1ccccc1C(=O)N[C@H](CC(C)C)C(=O)N1CCN(C/C=C/c2ccccc2)CC1. The van der Waals surface area contributed by atoms with Gasteiger partial charge in [-0.1, -0.05) is 74.5 Å². The number of carbonyl (C=O) groups is 2. The van der Waals surface area contributed by atoms with Gasteiger partial charge in [0.1, 0.15) is 6.04 Å². The summed E-state index contributed by atoms with van der Waals surface area (Å²) in [5, 5.41) is 3.01. The molecule has 1 saturated heterocycles. The Bertz CT molecular complexity index is 916. The third kappa shape index (κ3) is 6.79. The number of nitrogens with one attached hydrogen (secondary N) is 1. The molecule has 0 aromatic heterocycles. The second-order valence-electron chi connectivity index (χ2n) is 8.91. The van der Waals surface area contributed by atoms with E-state index in [1.807, 2.05) is 54.3 Å². The maximum Gasteiger partial charge on any atom is 0.252 e. The van der Waals surface area contributed by atoms with Crippen LogP contribution in [0.25, 0.3) is 6.08 Å². The Balaban J connectivity index is 1.55. The first-order chi connectivity index (χ1) is 15.4. The van der Waals surface area contributed by atoms with Crippen molar-refractivity contribution in [2.45, 2.75) is 33.2 Å². The van der Waals surface area contributed by atoms with Crippen molar-refractivity contribution in [1.29, 1.82) is 0 Å². The summed E-state index contributed by atoms with van der Waals surface area (Å²) < 4.78 is 0. The maximum absolute atomic E-state index is 13.3. The van der Waals surface area contributed by atoms with E-state index in [-0.39, 0.29) is 11.8 Å². The van der Waals surface area contributed by atoms with Gasteiger partial charge in [-0.05, 0) is 36.5 Å². The number of amides is 2. The van der Waals surface area contributed by atoms with E-state index >= 15 is 0 Å². The molecule has 2 aromatic carbocycles. The molecule has 1 fully saturated rings. The van der Waals surface area contributed by atoms with Crippen LogP contribution in [0.5, 0.6) is 0 Å². The molecule has 2 amide bonds. The molecule has 1 aliphatic rings. The Labute approximate surface area is 192 Å². The number of aryl methyl sites for hydroxylation is 1. The molecule has 170 valence electrons. The van der Waals surface area contributed by atoms with Crippen molar-refractivity contribution >= 4 is 17.9 Å². The van der Waals surface area contributed by atoms with Gasteiger partial charge in [-0.2, -0.15) is 0 Å². The van der Waals surface area contributed by atoms with Crippen LogP contribution in [0.4, 0.5) is 0 Å². The van der Waals surface area contributed by atoms with Crippen LogP contribution in [-0.4, -0.2) is 60.4 Å². The second kappa shape index (κ2) is 11.6. The Morgan fingerprint density at radius 1 is 0.969 bits per heavy atom. The van der Waals surface area contributed by atoms with Crippen molar-refractivity contribution in [2.75, 3.05) is 32.7 Å². The predicted molar refractivity (Wildman–Crippen MR) is 130 cm³/mol. The van der Waals surface area contributed by atoms with Gasteiger partial charge in [0.15, 0.2) is 0 Å². The first-order valence-corrected chi connectivity index (χ1v) is 11.5. The van der Waals surface area contributed by atoms with Crippen LogP contribution in [-0.2, 0) is 4.79 Å². The molecule has 0 saturated carbocycles. The number of hydrogen-bond donors (Lipinski definition) is 1. The highest BCUT2D eigenvalue weighted by atomic mass is 16.2. The van der Waals surface area contributed by atoms with E-state index in [4.69, 9.17) is 0 Å². The van der Waals surface area contributed by atoms with Gasteiger partial charge in [-0.3, -0.25) is 14.5 Å². The first kappa shape index (κ1) is 23.7. The maximum atomic E-state index is 13.3. The number of hydrogen-bond acceptors (Lipinski definition) is 3. The fourth-order valence-electron chi connectivity index (χ4n) is 4.03. The number of nitrogens with zero attached hydrogens (tertiary/aromatic N) is 2. The van der Waals surface area contributed by atoms with E-state index in [0.29, 0.717) is 31.0 Å². The molecule has 32 heavy (non-hydrogen) atoms. The van der Waals surface area contributed by atoms with Gasteiger partial charge in [-0.15, -0.1) is 0 Å². The largest absolute Gasteiger partial charge is 0.340 e. The summed E-state index contributed by atoms with van der Waals surface area (Å²) >= 11 is 0. The standard InChI is InChI=1S/C27H35N3O2/c1-21(2)20-25(28-26(31)24-14-8-7-10-22(24)3)27(32)30-18-16-29(17-19-30)15-9-13-23-11-5-4-6-12-23/h4-14,21,25H,15-20H2,1-3H3,(H,28,31)/b13-9+/t25-/m1/s1. The van der Waals surface area contributed by atoms with Crippen LogP contribution in [0.15, 0.2) is 60.7 Å². The van der Waals surface area contributed by atoms with Crippen molar-refractivity contribution in [2.24, 2.45) is 5.92 Å². The molecule has 0 bridgehead atoms. The molecular formula is C27H35N3O2. The lowest BCUT2D eigenvalue weighted by atomic mass is 10.0. The Kier molecular flexibility index (Phi) is 8.63. The van der Waals surface area contributed by atoms with Crippen LogP contribution in [0, 0.1) is 12.8 Å². The molecule has 2 aromatic rings. The summed E-state index contributed by atoms with van der Waals surface area (Å²) in [7, 11) is 0. The van der Waals surface area contributed by atoms with E-state index in [0.717, 1.165) is 25.2 Å². The van der Waals surface area contributed by atoms with Crippen molar-refractivity contribution < 1.29 is 9.59 Å². The molecule has 1 N–H and O–H groups in total. The fourth-order valence-corrected chi connectivity index (χ4v) is 4.03. The molecule has 5 heteroatoms. The van der Waals surface area contributed by atoms with Crippen LogP contribution in [0.1, 0.15) is 41.8 Å². The summed E-state index contributed by atoms with van der Waals surface area (Å²) in [5.74, 6) is 0.164. The van der Waals surface area contributed by atoms with Gasteiger partial charge < -0.3 is 10.2 Å². The average Bonchev–Trinajstić information content (AvgIpc) is 2.79. The van der Waals surface area contributed by atoms with Crippen molar-refractivity contribution in [3.8, 4) is 0 Å². The molecule has 1 aliphatic heterocycles. The molecule has 1 atom stereocenters. The Morgan fingerprint density at radius 3 is 2.28 bits per heavy atom. The number of piperazine rings is 1. The highest BCUT2D eigenvalue weighted by molar-refractivity contribution is 5.98. The summed E-state index contributed by atoms with van der Waals surface area (Å²) in [6, 6.07) is 17.3. The molecular weight excluding hydrogens is 398 g/mol. The van der Waals surface area contributed by atoms with Gasteiger partial charge in [0.05, 0.1) is 0 Å². The van der Waals surface area contributed by atoms with Crippen LogP contribution in [0.3, 0.4) is 0 Å². The zero-order valence-corrected chi connectivity index (χ0v) is 19.5. The van der Waals surface area contributed by atoms with Gasteiger partial charge in [0.2, 0.25) is 5.91 Å². The summed E-state index contributed by atoms with van der Waals surface area (Å²) in [5.41, 5.74) is 2.74. The quantitative estimate of drug-likeness (QED) is 0.685. The van der Waals surface area contributed by atoms with E-state index in [1.54, 1.807) is 0 Å². The fraction of sp³-hybridized carbons (Fsp3) is 0.407. The van der Waals surface area contributed by atoms with Gasteiger partial charge in [-0.25, -0.2) is 0 Å².